The summed E-state index contributed by atoms with van der Waals surface area (Å²) in [5.74, 6) is -7.72. The van der Waals surface area contributed by atoms with E-state index >= 15 is 0 Å². The predicted octanol–water partition coefficient (Wildman–Crippen LogP) is -2.93. The molecule has 0 unspecified atom stereocenters. The van der Waals surface area contributed by atoms with Gasteiger partial charge in [0.15, 0.2) is 23.9 Å². The summed E-state index contributed by atoms with van der Waals surface area (Å²) in [5, 5.41) is 126. The van der Waals surface area contributed by atoms with E-state index < -0.39 is 154 Å². The van der Waals surface area contributed by atoms with Crippen molar-refractivity contribution in [2.24, 2.45) is 0 Å². The zero-order valence-corrected chi connectivity index (χ0v) is 35.9. The Kier molecular flexibility index (Phi) is 16.3. The average Bonchev–Trinajstić information content (AvgIpc) is 3.28. The normalized spacial score (nSPS) is 31.6. The van der Waals surface area contributed by atoms with Crippen LogP contribution < -0.4 is 18.9 Å². The number of hydrogen-bond donors (Lipinski definition) is 12. The van der Waals surface area contributed by atoms with Gasteiger partial charge >= 0.3 is 35.2 Å². The Labute approximate surface area is 382 Å². The molecular formula is C41H49O27+. The van der Waals surface area contributed by atoms with Gasteiger partial charge in [0.1, 0.15) is 97.4 Å². The van der Waals surface area contributed by atoms with Crippen molar-refractivity contribution in [2.75, 3.05) is 27.4 Å². The zero-order valence-electron chi connectivity index (χ0n) is 35.9. The molecule has 3 saturated heterocycles. The lowest BCUT2D eigenvalue weighted by Gasteiger charge is -2.43. The maximum absolute atomic E-state index is 12.0. The summed E-state index contributed by atoms with van der Waals surface area (Å²) in [7, 11) is 2.46. The smallest absolute Gasteiger partial charge is 0.402 e. The number of fused-ring (bicyclic) bond motifs is 1. The van der Waals surface area contributed by atoms with Crippen molar-refractivity contribution in [3.8, 4) is 45.8 Å². The maximum atomic E-state index is 12.0. The summed E-state index contributed by atoms with van der Waals surface area (Å²) in [6.45, 7) is -0.213. The Morgan fingerprint density at radius 1 is 0.603 bits per heavy atom. The summed E-state index contributed by atoms with van der Waals surface area (Å²) in [6.07, 6.45) is -29.2. The third kappa shape index (κ3) is 11.3. The summed E-state index contributed by atoms with van der Waals surface area (Å²) in [6, 6.07) is 5.84. The first-order valence-corrected chi connectivity index (χ1v) is 20.4. The van der Waals surface area contributed by atoms with Gasteiger partial charge in [-0.3, -0.25) is 19.2 Å². The van der Waals surface area contributed by atoms with Crippen LogP contribution in [0.1, 0.15) is 19.8 Å². The minimum Gasteiger partial charge on any atom is -0.507 e. The highest BCUT2D eigenvalue weighted by Gasteiger charge is 2.50. The standard InChI is InChI=1S/C41H48O27/c1-13-37(68-27(48)10-25(45)46)33(54)36(57)39(62-13)61-12-23-30(51)32(53)35(56)41(67-23)65-21-8-16-17(63-38(21)14-4-19(58-2)28(49)20(5-14)59-3)6-15(42)7-18(16)64-40-34(55)31(52)29(50)22(66-40)11-60-26(47)9-24(43)44/h4-8,13,22-23,29-37,39-41,50-57H,9-12H2,1-3H3,(H3-,42,43,44,45,46,49)/p+1/t13-,22+,23+,29+,30+,31-,32-,33-,34+,35+,36+,37-,39+,40+,41+/m0/s1. The Morgan fingerprint density at radius 2 is 1.13 bits per heavy atom. The molecular weight excluding hydrogens is 924 g/mol. The fourth-order valence-electron chi connectivity index (χ4n) is 7.30. The van der Waals surface area contributed by atoms with Gasteiger partial charge < -0.3 is 109 Å². The van der Waals surface area contributed by atoms with Crippen LogP contribution in [0.3, 0.4) is 0 Å². The number of aliphatic carboxylic acids is 2. The van der Waals surface area contributed by atoms with Crippen LogP contribution in [-0.4, -0.2) is 205 Å². The van der Waals surface area contributed by atoms with E-state index in [1.54, 1.807) is 0 Å². The number of carboxylic acid groups (broad SMARTS) is 2. The topological polar surface area (TPSA) is 415 Å². The van der Waals surface area contributed by atoms with Crippen LogP contribution in [0.15, 0.2) is 34.7 Å². The number of rotatable bonds is 17. The van der Waals surface area contributed by atoms with Gasteiger partial charge in [-0.05, 0) is 6.92 Å². The molecule has 3 aliphatic heterocycles. The maximum Gasteiger partial charge on any atom is 0.402 e. The molecule has 0 amide bonds. The molecule has 3 aromatic rings. The SMILES string of the molecule is COc1cc(-c2[o+]c3cc(O)cc(O[C@@H]4O[C@H](COC(=O)CC(=O)O)[C@@H](O)[C@H](O)[C@H]4O)c3cc2O[C@@H]2O[C@H](CO[C@@H]3O[C@@H](C)[C@H](OC(=O)CC(=O)O)[C@@H](O)[C@H]3O)[C@@H](O)[C@H](O)[C@H]2O)cc(OC)c1O. The lowest BCUT2D eigenvalue weighted by atomic mass is 9.98. The minimum absolute atomic E-state index is 0.0384. The van der Waals surface area contributed by atoms with E-state index in [1.807, 2.05) is 0 Å². The number of carboxylic acids is 2. The first-order chi connectivity index (χ1) is 32.1. The number of aliphatic hydroxyl groups is 8. The second-order valence-electron chi connectivity index (χ2n) is 15.6. The monoisotopic (exact) mass is 973 g/mol. The predicted molar refractivity (Wildman–Crippen MR) is 215 cm³/mol. The van der Waals surface area contributed by atoms with E-state index in [-0.39, 0.29) is 45.3 Å². The first kappa shape index (κ1) is 51.4. The molecule has 3 aliphatic rings. The number of phenolic OH excluding ortho intramolecular Hbond substituents is 2. The molecule has 4 heterocycles. The fourth-order valence-corrected chi connectivity index (χ4v) is 7.30. The highest BCUT2D eigenvalue weighted by atomic mass is 16.7. The van der Waals surface area contributed by atoms with Crippen LogP contribution >= 0.6 is 0 Å². The Morgan fingerprint density at radius 3 is 1.69 bits per heavy atom. The molecule has 3 fully saturated rings. The van der Waals surface area contributed by atoms with E-state index in [0.29, 0.717) is 0 Å². The molecule has 0 spiro atoms. The third-order valence-corrected chi connectivity index (χ3v) is 10.8. The molecule has 27 nitrogen and oxygen atoms in total. The highest BCUT2D eigenvalue weighted by Crippen LogP contribution is 2.46. The number of ether oxygens (including phenoxy) is 10. The summed E-state index contributed by atoms with van der Waals surface area (Å²) in [4.78, 5) is 45.7. The Balaban J connectivity index is 1.32. The van der Waals surface area contributed by atoms with Crippen LogP contribution in [0, 0.1) is 0 Å². The first-order valence-electron chi connectivity index (χ1n) is 20.4. The lowest BCUT2D eigenvalue weighted by molar-refractivity contribution is -0.319. The van der Waals surface area contributed by atoms with Crippen molar-refractivity contribution in [3.63, 3.8) is 0 Å². The van der Waals surface area contributed by atoms with Crippen LogP contribution in [-0.2, 0) is 47.6 Å². The van der Waals surface area contributed by atoms with Crippen molar-refractivity contribution in [1.82, 2.24) is 0 Å². The zero-order chi connectivity index (χ0) is 49.9. The number of esters is 2. The molecule has 68 heavy (non-hydrogen) atoms. The van der Waals surface area contributed by atoms with Gasteiger partial charge in [0.2, 0.25) is 24.1 Å². The van der Waals surface area contributed by atoms with Crippen LogP contribution in [0.2, 0.25) is 0 Å². The number of aliphatic hydroxyl groups excluding tert-OH is 8. The third-order valence-electron chi connectivity index (χ3n) is 10.8. The minimum atomic E-state index is -2.05. The van der Waals surface area contributed by atoms with Gasteiger partial charge in [-0.15, -0.1) is 0 Å². The summed E-state index contributed by atoms with van der Waals surface area (Å²) in [5.41, 5.74) is -0.164. The summed E-state index contributed by atoms with van der Waals surface area (Å²) >= 11 is 0. The lowest BCUT2D eigenvalue weighted by Crippen LogP contribution is -2.62. The van der Waals surface area contributed by atoms with Gasteiger partial charge in [-0.1, -0.05) is 0 Å². The largest absolute Gasteiger partial charge is 0.507 e. The number of phenols is 2. The van der Waals surface area contributed by atoms with Crippen molar-refractivity contribution < 1.29 is 132 Å². The van der Waals surface area contributed by atoms with Crippen LogP contribution in [0.5, 0.6) is 34.5 Å². The summed E-state index contributed by atoms with van der Waals surface area (Å²) < 4.78 is 61.3. The molecule has 0 radical (unpaired) electrons. The van der Waals surface area contributed by atoms with Gasteiger partial charge in [0.05, 0.1) is 38.6 Å². The molecule has 27 heteroatoms. The molecule has 1 aromatic heterocycles. The van der Waals surface area contributed by atoms with E-state index in [0.717, 1.165) is 12.1 Å². The van der Waals surface area contributed by atoms with Crippen molar-refractivity contribution in [2.45, 2.75) is 112 Å². The van der Waals surface area contributed by atoms with Gasteiger partial charge in [-0.2, -0.15) is 0 Å². The van der Waals surface area contributed by atoms with Crippen molar-refractivity contribution in [3.05, 3.63) is 30.3 Å². The Bertz CT molecular complexity index is 2280. The van der Waals surface area contributed by atoms with Crippen LogP contribution in [0.4, 0.5) is 0 Å². The van der Waals surface area contributed by atoms with E-state index in [1.165, 1.54) is 39.3 Å². The van der Waals surface area contributed by atoms with E-state index in [4.69, 9.17) is 62.0 Å². The Hall–Kier alpha value is -5.95. The van der Waals surface area contributed by atoms with E-state index in [9.17, 15) is 70.2 Å². The molecule has 15 atom stereocenters. The molecule has 0 bridgehead atoms. The quantitative estimate of drug-likeness (QED) is 0.0366. The molecule has 0 aliphatic carbocycles. The second kappa shape index (κ2) is 21.6. The van der Waals surface area contributed by atoms with Crippen LogP contribution in [0.25, 0.3) is 22.3 Å². The van der Waals surface area contributed by atoms with Gasteiger partial charge in [0.25, 0.3) is 0 Å². The highest BCUT2D eigenvalue weighted by molar-refractivity contribution is 5.91. The van der Waals surface area contributed by atoms with Crippen molar-refractivity contribution in [1.29, 1.82) is 0 Å². The molecule has 2 aromatic carbocycles. The molecule has 6 rings (SSSR count). The number of carbonyl (C=O) groups is 4. The van der Waals surface area contributed by atoms with Crippen molar-refractivity contribution >= 4 is 34.8 Å². The van der Waals surface area contributed by atoms with Gasteiger partial charge in [-0.25, -0.2) is 4.42 Å². The number of methoxy groups -OCH3 is 2. The molecule has 12 N–H and O–H groups in total. The second-order valence-corrected chi connectivity index (χ2v) is 15.6. The van der Waals surface area contributed by atoms with E-state index in [2.05, 4.69) is 0 Å². The number of carbonyl (C=O) groups excluding carboxylic acids is 2. The fraction of sp³-hybridized carbons (Fsp3) is 0.537. The number of hydrogen-bond acceptors (Lipinski definition) is 24. The molecule has 0 saturated carbocycles. The number of benzene rings is 2. The average molecular weight is 974 g/mol. The van der Waals surface area contributed by atoms with Gasteiger partial charge in [0, 0.05) is 24.3 Å². The number of aromatic hydroxyl groups is 2. The molecule has 374 valence electrons.